The molecule has 2 aliphatic rings. The predicted molar refractivity (Wildman–Crippen MR) is 68.7 cm³/mol. The molecule has 2 aliphatic carbocycles. The van der Waals surface area contributed by atoms with Crippen LogP contribution >= 0.6 is 0 Å². The Morgan fingerprint density at radius 3 is 2.88 bits per heavy atom. The zero-order valence-electron chi connectivity index (χ0n) is 10.1. The van der Waals surface area contributed by atoms with E-state index in [-0.39, 0.29) is 0 Å². The Kier molecular flexibility index (Phi) is 2.62. The summed E-state index contributed by atoms with van der Waals surface area (Å²) in [6, 6.07) is 9.67. The molecule has 0 heterocycles. The number of hydrogen-bond acceptors (Lipinski definition) is 1. The highest BCUT2D eigenvalue weighted by Gasteiger charge is 2.39. The van der Waals surface area contributed by atoms with E-state index in [0.29, 0.717) is 0 Å². The van der Waals surface area contributed by atoms with Gasteiger partial charge in [-0.25, -0.2) is 0 Å². The lowest BCUT2D eigenvalue weighted by Crippen LogP contribution is -2.25. The molecular weight excluding hydrogens is 194 g/mol. The van der Waals surface area contributed by atoms with Crippen molar-refractivity contribution < 1.29 is 0 Å². The number of nitrogens with one attached hydrogen (secondary N) is 1. The first-order valence-electron chi connectivity index (χ1n) is 6.70. The summed E-state index contributed by atoms with van der Waals surface area (Å²) in [5.74, 6) is 1.98. The molecule has 86 valence electrons. The maximum absolute atomic E-state index is 3.75. The van der Waals surface area contributed by atoms with Crippen LogP contribution in [0.4, 0.5) is 5.69 Å². The van der Waals surface area contributed by atoms with Crippen LogP contribution < -0.4 is 5.32 Å². The van der Waals surface area contributed by atoms with Crippen LogP contribution in [0.2, 0.25) is 0 Å². The molecule has 1 aromatic carbocycles. The minimum atomic E-state index is 0.755. The molecule has 2 saturated carbocycles. The Bertz CT molecular complexity index is 371. The van der Waals surface area contributed by atoms with Crippen molar-refractivity contribution in [2.75, 3.05) is 5.32 Å². The molecule has 1 aromatic rings. The summed E-state index contributed by atoms with van der Waals surface area (Å²) >= 11 is 0. The van der Waals surface area contributed by atoms with Gasteiger partial charge >= 0.3 is 0 Å². The van der Waals surface area contributed by atoms with Crippen LogP contribution in [0, 0.1) is 11.8 Å². The maximum Gasteiger partial charge on any atom is 0.0345 e. The van der Waals surface area contributed by atoms with Crippen molar-refractivity contribution in [2.45, 2.75) is 45.1 Å². The molecule has 2 bridgehead atoms. The summed E-state index contributed by atoms with van der Waals surface area (Å²) in [5.41, 5.74) is 2.77. The van der Waals surface area contributed by atoms with Crippen molar-refractivity contribution in [1.29, 1.82) is 0 Å². The van der Waals surface area contributed by atoms with Crippen molar-refractivity contribution >= 4 is 5.69 Å². The summed E-state index contributed by atoms with van der Waals surface area (Å²) in [5, 5.41) is 3.75. The molecule has 3 rings (SSSR count). The number of benzene rings is 1. The minimum absolute atomic E-state index is 0.755. The van der Waals surface area contributed by atoms with Crippen LogP contribution in [0.1, 0.15) is 38.2 Å². The Hall–Kier alpha value is -0.980. The van der Waals surface area contributed by atoms with Gasteiger partial charge in [0.2, 0.25) is 0 Å². The van der Waals surface area contributed by atoms with Gasteiger partial charge in [-0.1, -0.05) is 25.5 Å². The molecule has 0 saturated heterocycles. The summed E-state index contributed by atoms with van der Waals surface area (Å²) in [6.45, 7) is 2.22. The van der Waals surface area contributed by atoms with Crippen molar-refractivity contribution in [1.82, 2.24) is 0 Å². The third-order valence-corrected chi connectivity index (χ3v) is 4.43. The Labute approximate surface area is 98.3 Å². The van der Waals surface area contributed by atoms with E-state index >= 15 is 0 Å². The Morgan fingerprint density at radius 1 is 1.25 bits per heavy atom. The van der Waals surface area contributed by atoms with Gasteiger partial charge in [-0.2, -0.15) is 0 Å². The van der Waals surface area contributed by atoms with E-state index in [0.717, 1.165) is 24.3 Å². The van der Waals surface area contributed by atoms with Gasteiger partial charge in [-0.15, -0.1) is 0 Å². The second-order valence-corrected chi connectivity index (χ2v) is 5.48. The lowest BCUT2D eigenvalue weighted by Gasteiger charge is -2.24. The summed E-state index contributed by atoms with van der Waals surface area (Å²) in [6.07, 6.45) is 6.95. The first-order valence-corrected chi connectivity index (χ1v) is 6.70. The second kappa shape index (κ2) is 4.12. The molecule has 1 heteroatoms. The van der Waals surface area contributed by atoms with Crippen LogP contribution in [0.5, 0.6) is 0 Å². The van der Waals surface area contributed by atoms with E-state index in [9.17, 15) is 0 Å². The zero-order chi connectivity index (χ0) is 11.0. The third kappa shape index (κ3) is 1.83. The first kappa shape index (κ1) is 10.2. The van der Waals surface area contributed by atoms with Gasteiger partial charge < -0.3 is 5.32 Å². The molecule has 0 spiro atoms. The third-order valence-electron chi connectivity index (χ3n) is 4.43. The Balaban J connectivity index is 1.69. The van der Waals surface area contributed by atoms with Crippen LogP contribution in [0.25, 0.3) is 0 Å². The monoisotopic (exact) mass is 215 g/mol. The lowest BCUT2D eigenvalue weighted by atomic mass is 9.95. The van der Waals surface area contributed by atoms with Gasteiger partial charge in [0.25, 0.3) is 0 Å². The Morgan fingerprint density at radius 2 is 2.19 bits per heavy atom. The maximum atomic E-state index is 3.75. The number of hydrogen-bond donors (Lipinski definition) is 1. The molecule has 16 heavy (non-hydrogen) atoms. The largest absolute Gasteiger partial charge is 0.382 e. The van der Waals surface area contributed by atoms with Gasteiger partial charge in [-0.05, 0) is 55.2 Å². The fourth-order valence-electron chi connectivity index (χ4n) is 3.52. The average molecular weight is 215 g/mol. The molecule has 0 unspecified atom stereocenters. The molecule has 1 N–H and O–H groups in total. The molecule has 0 radical (unpaired) electrons. The average Bonchev–Trinajstić information content (AvgIpc) is 2.91. The lowest BCUT2D eigenvalue weighted by molar-refractivity contribution is 0.440. The van der Waals surface area contributed by atoms with E-state index in [1.807, 2.05) is 0 Å². The van der Waals surface area contributed by atoms with Crippen LogP contribution in [-0.4, -0.2) is 6.04 Å². The van der Waals surface area contributed by atoms with E-state index in [1.165, 1.54) is 36.9 Å². The molecule has 0 amide bonds. The highest BCUT2D eigenvalue weighted by molar-refractivity contribution is 5.47. The molecule has 2 fully saturated rings. The topological polar surface area (TPSA) is 12.0 Å². The first-order chi connectivity index (χ1) is 7.85. The second-order valence-electron chi connectivity index (χ2n) is 5.48. The summed E-state index contributed by atoms with van der Waals surface area (Å²) in [7, 11) is 0. The van der Waals surface area contributed by atoms with Crippen molar-refractivity contribution in [2.24, 2.45) is 11.8 Å². The van der Waals surface area contributed by atoms with Gasteiger partial charge in [0.1, 0.15) is 0 Å². The SMILES string of the molecule is CCc1cccc(N[C@H]2C[C@H]3CC[C@H]2C3)c1. The normalized spacial score (nSPS) is 31.9. The zero-order valence-corrected chi connectivity index (χ0v) is 10.1. The number of anilines is 1. The highest BCUT2D eigenvalue weighted by atomic mass is 14.9. The molecule has 1 nitrogen and oxygen atoms in total. The molecule has 3 atom stereocenters. The summed E-state index contributed by atoms with van der Waals surface area (Å²) in [4.78, 5) is 0. The van der Waals surface area contributed by atoms with Crippen molar-refractivity contribution in [3.05, 3.63) is 29.8 Å². The van der Waals surface area contributed by atoms with E-state index < -0.39 is 0 Å². The highest BCUT2D eigenvalue weighted by Crippen LogP contribution is 2.45. The molecule has 0 aromatic heterocycles. The van der Waals surface area contributed by atoms with Crippen molar-refractivity contribution in [3.63, 3.8) is 0 Å². The van der Waals surface area contributed by atoms with E-state index in [4.69, 9.17) is 0 Å². The van der Waals surface area contributed by atoms with Gasteiger partial charge in [0.15, 0.2) is 0 Å². The minimum Gasteiger partial charge on any atom is -0.382 e. The van der Waals surface area contributed by atoms with Crippen LogP contribution in [0.3, 0.4) is 0 Å². The summed E-state index contributed by atoms with van der Waals surface area (Å²) < 4.78 is 0. The fourth-order valence-corrected chi connectivity index (χ4v) is 3.52. The fraction of sp³-hybridized carbons (Fsp3) is 0.600. The van der Waals surface area contributed by atoms with Gasteiger partial charge in [0, 0.05) is 11.7 Å². The quantitative estimate of drug-likeness (QED) is 0.807. The standard InChI is InChI=1S/C15H21N/c1-2-11-4-3-5-14(9-11)16-15-10-12-6-7-13(15)8-12/h3-5,9,12-13,15-16H,2,6-8,10H2,1H3/t12-,13-,15-/m0/s1. The predicted octanol–water partition coefficient (Wildman–Crippen LogP) is 3.85. The van der Waals surface area contributed by atoms with Gasteiger partial charge in [0.05, 0.1) is 0 Å². The van der Waals surface area contributed by atoms with Crippen LogP contribution in [0.15, 0.2) is 24.3 Å². The van der Waals surface area contributed by atoms with E-state index in [2.05, 4.69) is 36.5 Å². The number of fused-ring (bicyclic) bond motifs is 2. The molecule has 0 aliphatic heterocycles. The molecular formula is C15H21N. The number of rotatable bonds is 3. The van der Waals surface area contributed by atoms with Crippen molar-refractivity contribution in [3.8, 4) is 0 Å². The van der Waals surface area contributed by atoms with E-state index in [1.54, 1.807) is 0 Å². The van der Waals surface area contributed by atoms with Crippen LogP contribution in [-0.2, 0) is 6.42 Å². The smallest absolute Gasteiger partial charge is 0.0345 e. The number of aryl methyl sites for hydroxylation is 1. The van der Waals surface area contributed by atoms with Gasteiger partial charge in [-0.3, -0.25) is 0 Å².